The molecule has 1 unspecified atom stereocenters. The largest absolute Gasteiger partial charge is 0.462 e. The topological polar surface area (TPSA) is 67.4 Å². The lowest BCUT2D eigenvalue weighted by Gasteiger charge is -2.08. The van der Waals surface area contributed by atoms with Gasteiger partial charge in [0, 0.05) is 4.88 Å². The molecule has 0 fully saturated rings. The minimum atomic E-state index is -0.519. The molecule has 1 aromatic carbocycles. The highest BCUT2D eigenvalue weighted by atomic mass is 35.5. The fourth-order valence-electron chi connectivity index (χ4n) is 1.91. The van der Waals surface area contributed by atoms with E-state index in [2.05, 4.69) is 10.6 Å². The van der Waals surface area contributed by atoms with Crippen LogP contribution in [0.15, 0.2) is 36.4 Å². The van der Waals surface area contributed by atoms with Gasteiger partial charge in [0.2, 0.25) is 0 Å². The van der Waals surface area contributed by atoms with E-state index in [1.807, 2.05) is 30.3 Å². The van der Waals surface area contributed by atoms with Crippen LogP contribution in [0.4, 0.5) is 9.80 Å². The van der Waals surface area contributed by atoms with Crippen LogP contribution in [0.5, 0.6) is 0 Å². The van der Waals surface area contributed by atoms with Crippen LogP contribution in [0.25, 0.3) is 10.4 Å². The van der Waals surface area contributed by atoms with Crippen molar-refractivity contribution in [3.05, 3.63) is 42.0 Å². The Balaban J connectivity index is 2.32. The van der Waals surface area contributed by atoms with Gasteiger partial charge in [-0.25, -0.2) is 9.59 Å². The Morgan fingerprint density at radius 2 is 2.00 bits per heavy atom. The molecule has 0 aliphatic rings. The molecule has 2 rings (SSSR count). The maximum Gasteiger partial charge on any atom is 0.341 e. The Kier molecular flexibility index (Phi) is 6.01. The Morgan fingerprint density at radius 1 is 1.30 bits per heavy atom. The number of thiophene rings is 1. The third kappa shape index (κ3) is 4.71. The number of nitrogens with one attached hydrogen (secondary N) is 2. The van der Waals surface area contributed by atoms with Gasteiger partial charge in [-0.15, -0.1) is 11.3 Å². The number of carbonyl (C=O) groups excluding carboxylic acids is 2. The second kappa shape index (κ2) is 7.99. The van der Waals surface area contributed by atoms with Gasteiger partial charge < -0.3 is 10.1 Å². The average Bonchev–Trinajstić information content (AvgIpc) is 2.91. The number of carbonyl (C=O) groups is 2. The fraction of sp³-hybridized carbons (Fsp3) is 0.250. The smallest absolute Gasteiger partial charge is 0.341 e. The van der Waals surface area contributed by atoms with Gasteiger partial charge in [-0.2, -0.15) is 0 Å². The van der Waals surface area contributed by atoms with E-state index in [1.54, 1.807) is 19.9 Å². The normalized spacial score (nSPS) is 11.6. The van der Waals surface area contributed by atoms with Crippen LogP contribution < -0.4 is 10.6 Å². The number of hydrogen-bond donors (Lipinski definition) is 2. The first-order valence-corrected chi connectivity index (χ1v) is 8.34. The molecular formula is C16H17ClN2O3S. The number of benzene rings is 1. The standard InChI is InChI=1S/C16H17ClN2O3S/c1-3-22-15(20)12-9-13(11-7-5-4-6-8-11)23-14(12)19-16(21)18-10(2)17/h4-10H,3H2,1-2H3,(H2,18,19,21). The van der Waals surface area contributed by atoms with Crippen molar-refractivity contribution >= 4 is 39.9 Å². The third-order valence-electron chi connectivity index (χ3n) is 2.84. The van der Waals surface area contributed by atoms with Gasteiger partial charge >= 0.3 is 12.0 Å². The molecule has 1 aromatic heterocycles. The van der Waals surface area contributed by atoms with E-state index in [0.717, 1.165) is 10.4 Å². The Labute approximate surface area is 143 Å². The second-order valence-electron chi connectivity index (χ2n) is 4.65. The first kappa shape index (κ1) is 17.3. The van der Waals surface area contributed by atoms with Crippen LogP contribution in [0.2, 0.25) is 0 Å². The highest BCUT2D eigenvalue weighted by Crippen LogP contribution is 2.35. The monoisotopic (exact) mass is 352 g/mol. The lowest BCUT2D eigenvalue weighted by atomic mass is 10.1. The Morgan fingerprint density at radius 3 is 2.61 bits per heavy atom. The van der Waals surface area contributed by atoms with E-state index in [1.165, 1.54) is 11.3 Å². The highest BCUT2D eigenvalue weighted by molar-refractivity contribution is 7.20. The molecule has 2 N–H and O–H groups in total. The zero-order chi connectivity index (χ0) is 16.8. The summed E-state index contributed by atoms with van der Waals surface area (Å²) in [6.45, 7) is 3.63. The Hall–Kier alpha value is -2.05. The number of halogens is 1. The van der Waals surface area contributed by atoms with Crippen LogP contribution in [-0.4, -0.2) is 24.1 Å². The van der Waals surface area contributed by atoms with Crippen molar-refractivity contribution in [1.29, 1.82) is 0 Å². The summed E-state index contributed by atoms with van der Waals surface area (Å²) in [4.78, 5) is 24.8. The van der Waals surface area contributed by atoms with Crippen molar-refractivity contribution in [2.45, 2.75) is 19.3 Å². The molecule has 0 aliphatic heterocycles. The van der Waals surface area contributed by atoms with E-state index >= 15 is 0 Å². The summed E-state index contributed by atoms with van der Waals surface area (Å²) in [5.41, 5.74) is 0.768. The van der Waals surface area contributed by atoms with Crippen molar-refractivity contribution in [3.63, 3.8) is 0 Å². The number of alkyl halides is 1. The van der Waals surface area contributed by atoms with Gasteiger partial charge in [0.15, 0.2) is 0 Å². The van der Waals surface area contributed by atoms with Crippen LogP contribution in [-0.2, 0) is 4.74 Å². The van der Waals surface area contributed by atoms with Gasteiger partial charge in [-0.1, -0.05) is 41.9 Å². The Bertz CT molecular complexity index is 686. The second-order valence-corrected chi connectivity index (χ2v) is 6.36. The average molecular weight is 353 g/mol. The predicted molar refractivity (Wildman–Crippen MR) is 93.2 cm³/mol. The van der Waals surface area contributed by atoms with Crippen LogP contribution in [0.3, 0.4) is 0 Å². The molecule has 0 spiro atoms. The molecule has 23 heavy (non-hydrogen) atoms. The van der Waals surface area contributed by atoms with E-state index < -0.39 is 17.5 Å². The summed E-state index contributed by atoms with van der Waals surface area (Å²) in [7, 11) is 0. The zero-order valence-electron chi connectivity index (χ0n) is 12.8. The zero-order valence-corrected chi connectivity index (χ0v) is 14.3. The van der Waals surface area contributed by atoms with Gasteiger partial charge in [0.05, 0.1) is 12.2 Å². The summed E-state index contributed by atoms with van der Waals surface area (Å²) in [6.07, 6.45) is 0. The predicted octanol–water partition coefficient (Wildman–Crippen LogP) is 4.30. The maximum atomic E-state index is 12.1. The molecule has 0 radical (unpaired) electrons. The van der Waals surface area contributed by atoms with Crippen molar-refractivity contribution in [3.8, 4) is 10.4 Å². The van der Waals surface area contributed by atoms with Crippen LogP contribution >= 0.6 is 22.9 Å². The molecule has 0 saturated carbocycles. The number of anilines is 1. The van der Waals surface area contributed by atoms with Crippen molar-refractivity contribution < 1.29 is 14.3 Å². The number of urea groups is 1. The molecule has 2 amide bonds. The molecule has 0 saturated heterocycles. The molecule has 7 heteroatoms. The van der Waals surface area contributed by atoms with E-state index in [-0.39, 0.29) is 6.61 Å². The molecule has 2 aromatic rings. The maximum absolute atomic E-state index is 12.1. The first-order chi connectivity index (χ1) is 11.0. The van der Waals surface area contributed by atoms with Gasteiger partial charge in [-0.3, -0.25) is 5.32 Å². The molecule has 5 nitrogen and oxygen atoms in total. The van der Waals surface area contributed by atoms with Crippen molar-refractivity contribution in [2.75, 3.05) is 11.9 Å². The van der Waals surface area contributed by atoms with Gasteiger partial charge in [-0.05, 0) is 25.5 Å². The van der Waals surface area contributed by atoms with E-state index in [0.29, 0.717) is 10.6 Å². The third-order valence-corrected chi connectivity index (χ3v) is 4.05. The van der Waals surface area contributed by atoms with Crippen LogP contribution in [0, 0.1) is 0 Å². The molecule has 0 aliphatic carbocycles. The number of rotatable bonds is 5. The summed E-state index contributed by atoms with van der Waals surface area (Å²) in [5, 5.41) is 5.59. The lowest BCUT2D eigenvalue weighted by molar-refractivity contribution is 0.0528. The number of hydrogen-bond acceptors (Lipinski definition) is 4. The molecule has 1 atom stereocenters. The number of esters is 1. The van der Waals surface area contributed by atoms with Crippen molar-refractivity contribution in [2.24, 2.45) is 0 Å². The van der Waals surface area contributed by atoms with E-state index in [4.69, 9.17) is 16.3 Å². The summed E-state index contributed by atoms with van der Waals surface area (Å²) in [6, 6.07) is 10.9. The SMILES string of the molecule is CCOC(=O)c1cc(-c2ccccc2)sc1NC(=O)NC(C)Cl. The first-order valence-electron chi connectivity index (χ1n) is 7.09. The van der Waals surface area contributed by atoms with Crippen LogP contribution in [0.1, 0.15) is 24.2 Å². The number of amides is 2. The fourth-order valence-corrected chi connectivity index (χ4v) is 3.05. The molecular weight excluding hydrogens is 336 g/mol. The number of ether oxygens (including phenoxy) is 1. The van der Waals surface area contributed by atoms with E-state index in [9.17, 15) is 9.59 Å². The summed E-state index contributed by atoms with van der Waals surface area (Å²) in [5.74, 6) is -0.472. The molecule has 122 valence electrons. The van der Waals surface area contributed by atoms with Gasteiger partial charge in [0.25, 0.3) is 0 Å². The minimum Gasteiger partial charge on any atom is -0.462 e. The molecule has 1 heterocycles. The summed E-state index contributed by atoms with van der Waals surface area (Å²) < 4.78 is 5.05. The van der Waals surface area contributed by atoms with Gasteiger partial charge in [0.1, 0.15) is 10.5 Å². The lowest BCUT2D eigenvalue weighted by Crippen LogP contribution is -2.33. The summed E-state index contributed by atoms with van der Waals surface area (Å²) >= 11 is 7.04. The van der Waals surface area contributed by atoms with Crippen molar-refractivity contribution in [1.82, 2.24) is 5.32 Å². The quantitative estimate of drug-likeness (QED) is 0.479. The molecule has 0 bridgehead atoms. The minimum absolute atomic E-state index is 0.264. The highest BCUT2D eigenvalue weighted by Gasteiger charge is 2.20.